The third kappa shape index (κ3) is 3.72. The number of carbonyl (C=O) groups excluding carboxylic acids is 1. The minimum absolute atomic E-state index is 0.143. The van der Waals surface area contributed by atoms with Gasteiger partial charge in [0.2, 0.25) is 0 Å². The molecule has 30 heavy (non-hydrogen) atoms. The number of hydrogen-bond donors (Lipinski definition) is 1. The molecule has 0 bridgehead atoms. The highest BCUT2D eigenvalue weighted by Gasteiger charge is 2.19. The third-order valence-electron chi connectivity index (χ3n) is 4.97. The molecule has 0 fully saturated rings. The van der Waals surface area contributed by atoms with Crippen LogP contribution < -0.4 is 10.9 Å². The largest absolute Gasteiger partial charge is 0.346 e. The van der Waals surface area contributed by atoms with E-state index in [2.05, 4.69) is 29.4 Å². The van der Waals surface area contributed by atoms with Crippen molar-refractivity contribution >= 4 is 22.5 Å². The molecule has 0 aliphatic rings. The zero-order valence-corrected chi connectivity index (χ0v) is 17.7. The monoisotopic (exact) mass is 406 g/mol. The van der Waals surface area contributed by atoms with Gasteiger partial charge in [-0.15, -0.1) is 0 Å². The van der Waals surface area contributed by atoms with Crippen LogP contribution in [0.4, 0.5) is 0 Å². The maximum absolute atomic E-state index is 13.1. The lowest BCUT2D eigenvalue weighted by Gasteiger charge is -2.13. The summed E-state index contributed by atoms with van der Waals surface area (Å²) in [6, 6.07) is 11.0. The van der Waals surface area contributed by atoms with Crippen LogP contribution in [0.2, 0.25) is 0 Å². The number of nitrogens with one attached hydrogen (secondary N) is 1. The van der Waals surface area contributed by atoms with Crippen LogP contribution in [0.15, 0.2) is 47.4 Å². The van der Waals surface area contributed by atoms with E-state index in [0.29, 0.717) is 24.5 Å². The summed E-state index contributed by atoms with van der Waals surface area (Å²) in [7, 11) is 0. The van der Waals surface area contributed by atoms with Crippen molar-refractivity contribution < 1.29 is 4.79 Å². The van der Waals surface area contributed by atoms with Gasteiger partial charge in [0.1, 0.15) is 5.52 Å². The second-order valence-corrected chi connectivity index (χ2v) is 8.18. The van der Waals surface area contributed by atoms with Crippen LogP contribution in [0.25, 0.3) is 16.6 Å². The number of aromatic nitrogens is 5. The number of amides is 1. The number of fused-ring (bicyclic) bond motifs is 3. The van der Waals surface area contributed by atoms with Gasteiger partial charge in [0.15, 0.2) is 5.69 Å². The number of rotatable bonds is 6. The fourth-order valence-corrected chi connectivity index (χ4v) is 3.68. The molecule has 0 saturated carbocycles. The quantitative estimate of drug-likeness (QED) is 0.533. The van der Waals surface area contributed by atoms with Crippen molar-refractivity contribution in [3.05, 3.63) is 64.3 Å². The molecule has 3 heterocycles. The average Bonchev–Trinajstić information content (AvgIpc) is 3.31. The van der Waals surface area contributed by atoms with Gasteiger partial charge in [-0.05, 0) is 38.0 Å². The molecule has 1 amide bonds. The van der Waals surface area contributed by atoms with Gasteiger partial charge in [-0.2, -0.15) is 10.2 Å². The van der Waals surface area contributed by atoms with Crippen LogP contribution in [0.1, 0.15) is 37.0 Å². The molecule has 1 atom stereocenters. The zero-order chi connectivity index (χ0) is 21.4. The lowest BCUT2D eigenvalue weighted by Crippen LogP contribution is -2.36. The Bertz CT molecular complexity index is 1280. The Hall–Kier alpha value is -3.42. The first kappa shape index (κ1) is 19.9. The highest BCUT2D eigenvalue weighted by atomic mass is 16.2. The number of hydrogen-bond acceptors (Lipinski definition) is 4. The molecule has 8 heteroatoms. The van der Waals surface area contributed by atoms with Crippen LogP contribution in [-0.4, -0.2) is 35.9 Å². The molecule has 0 saturated heterocycles. The molecule has 4 rings (SSSR count). The molecule has 8 nitrogen and oxygen atoms in total. The average molecular weight is 406 g/mol. The van der Waals surface area contributed by atoms with Gasteiger partial charge in [-0.25, -0.2) is 4.52 Å². The number of benzene rings is 1. The summed E-state index contributed by atoms with van der Waals surface area (Å²) in [5.74, 6) is -0.00000215. The molecule has 0 aliphatic heterocycles. The number of para-hydroxylation sites is 2. The molecule has 1 N–H and O–H groups in total. The van der Waals surface area contributed by atoms with E-state index in [1.807, 2.05) is 50.4 Å². The molecule has 3 aromatic heterocycles. The van der Waals surface area contributed by atoms with Crippen LogP contribution >= 0.6 is 0 Å². The highest BCUT2D eigenvalue weighted by molar-refractivity contribution is 5.94. The summed E-state index contributed by atoms with van der Waals surface area (Å²) in [6.07, 6.45) is 1.88. The predicted molar refractivity (Wildman–Crippen MR) is 116 cm³/mol. The maximum Gasteiger partial charge on any atom is 0.277 e. The van der Waals surface area contributed by atoms with E-state index in [4.69, 9.17) is 0 Å². The summed E-state index contributed by atoms with van der Waals surface area (Å²) in [6.45, 7) is 9.13. The summed E-state index contributed by atoms with van der Waals surface area (Å²) in [4.78, 5) is 25.9. The fourth-order valence-electron chi connectivity index (χ4n) is 3.68. The van der Waals surface area contributed by atoms with Gasteiger partial charge in [0, 0.05) is 24.8 Å². The van der Waals surface area contributed by atoms with Crippen LogP contribution in [0.5, 0.6) is 0 Å². The minimum Gasteiger partial charge on any atom is -0.346 e. The van der Waals surface area contributed by atoms with Crippen LogP contribution in [0.3, 0.4) is 0 Å². The van der Waals surface area contributed by atoms with Gasteiger partial charge in [0.25, 0.3) is 11.5 Å². The molecular weight excluding hydrogens is 380 g/mol. The van der Waals surface area contributed by atoms with Gasteiger partial charge in [0.05, 0.1) is 23.3 Å². The molecule has 156 valence electrons. The highest BCUT2D eigenvalue weighted by Crippen LogP contribution is 2.16. The van der Waals surface area contributed by atoms with E-state index >= 15 is 0 Å². The number of aryl methyl sites for hydroxylation is 1. The maximum atomic E-state index is 13.1. The molecule has 0 radical (unpaired) electrons. The third-order valence-corrected chi connectivity index (χ3v) is 4.97. The van der Waals surface area contributed by atoms with E-state index in [0.717, 1.165) is 16.7 Å². The zero-order valence-electron chi connectivity index (χ0n) is 17.7. The molecular formula is C22H26N6O2. The molecule has 0 aliphatic carbocycles. The van der Waals surface area contributed by atoms with E-state index in [9.17, 15) is 9.59 Å². The molecule has 1 unspecified atom stereocenters. The Morgan fingerprint density at radius 2 is 1.77 bits per heavy atom. The normalized spacial score (nSPS) is 12.7. The van der Waals surface area contributed by atoms with Crippen LogP contribution in [-0.2, 0) is 13.1 Å². The lowest BCUT2D eigenvalue weighted by molar-refractivity contribution is 0.0930. The van der Waals surface area contributed by atoms with E-state index in [-0.39, 0.29) is 23.2 Å². The summed E-state index contributed by atoms with van der Waals surface area (Å²) < 4.78 is 5.13. The molecule has 0 spiro atoms. The van der Waals surface area contributed by atoms with E-state index < -0.39 is 0 Å². The lowest BCUT2D eigenvalue weighted by atomic mass is 10.2. The van der Waals surface area contributed by atoms with Crippen molar-refractivity contribution in [1.82, 2.24) is 29.3 Å². The topological polar surface area (TPSA) is 86.2 Å². The first-order chi connectivity index (χ1) is 14.3. The Labute approximate surface area is 174 Å². The number of carbonyl (C=O) groups is 1. The van der Waals surface area contributed by atoms with Gasteiger partial charge < -0.3 is 9.88 Å². The first-order valence-electron chi connectivity index (χ1n) is 10.2. The van der Waals surface area contributed by atoms with E-state index in [1.165, 1.54) is 0 Å². The van der Waals surface area contributed by atoms with E-state index in [1.54, 1.807) is 19.8 Å². The van der Waals surface area contributed by atoms with Gasteiger partial charge in [-0.1, -0.05) is 26.0 Å². The Balaban J connectivity index is 1.69. The second kappa shape index (κ2) is 7.78. The SMILES string of the molecule is Cc1ccn(CC(C)NC(=O)c2cc3c(=O)n(CC(C)C)c4ccccc4n3n2)n1. The van der Waals surface area contributed by atoms with Crippen molar-refractivity contribution in [2.45, 2.75) is 46.8 Å². The Morgan fingerprint density at radius 3 is 2.43 bits per heavy atom. The number of nitrogens with zero attached hydrogens (tertiary/aromatic N) is 5. The molecule has 1 aromatic carbocycles. The predicted octanol–water partition coefficient (Wildman–Crippen LogP) is 2.63. The minimum atomic E-state index is -0.311. The second-order valence-electron chi connectivity index (χ2n) is 8.18. The van der Waals surface area contributed by atoms with Crippen LogP contribution in [0, 0.1) is 12.8 Å². The smallest absolute Gasteiger partial charge is 0.277 e. The first-order valence-corrected chi connectivity index (χ1v) is 10.2. The summed E-state index contributed by atoms with van der Waals surface area (Å²) >= 11 is 0. The molecule has 4 aromatic rings. The van der Waals surface area contributed by atoms with Gasteiger partial charge >= 0.3 is 0 Å². The van der Waals surface area contributed by atoms with Gasteiger partial charge in [-0.3, -0.25) is 14.3 Å². The van der Waals surface area contributed by atoms with Crippen molar-refractivity contribution in [2.75, 3.05) is 0 Å². The van der Waals surface area contributed by atoms with Crippen molar-refractivity contribution in [3.8, 4) is 0 Å². The van der Waals surface area contributed by atoms with Crippen molar-refractivity contribution in [1.29, 1.82) is 0 Å². The fraction of sp³-hybridized carbons (Fsp3) is 0.364. The Kier molecular flexibility index (Phi) is 5.15. The Morgan fingerprint density at radius 1 is 1.03 bits per heavy atom. The van der Waals surface area contributed by atoms with Crippen molar-refractivity contribution in [3.63, 3.8) is 0 Å². The summed E-state index contributed by atoms with van der Waals surface area (Å²) in [5.41, 5.74) is 3.01. The van der Waals surface area contributed by atoms with Crippen molar-refractivity contribution in [2.24, 2.45) is 5.92 Å². The summed E-state index contributed by atoms with van der Waals surface area (Å²) in [5, 5.41) is 11.7. The standard InChI is InChI=1S/C22H26N6O2/c1-14(2)12-27-18-7-5-6-8-19(18)28-20(22(27)30)11-17(25-28)21(29)23-16(4)13-26-10-9-15(3)24-26/h5-11,14,16H,12-13H2,1-4H3,(H,23,29).